The number of carbonyl (C=O) groups is 2. The van der Waals surface area contributed by atoms with E-state index in [-0.39, 0.29) is 23.1 Å². The number of nitrogens with one attached hydrogen (secondary N) is 1. The Morgan fingerprint density at radius 3 is 2.47 bits per heavy atom. The maximum absolute atomic E-state index is 12.2. The molecule has 2 aliphatic heterocycles. The minimum atomic E-state index is -0.0741. The number of imide groups is 1. The molecular weight excluding hydrogens is 240 g/mol. The quantitative estimate of drug-likeness (QED) is 0.792. The number of carbonyl (C=O) groups excluding carboxylic acids is 2. The summed E-state index contributed by atoms with van der Waals surface area (Å²) in [6, 6.07) is 0. The van der Waals surface area contributed by atoms with E-state index >= 15 is 0 Å². The van der Waals surface area contributed by atoms with E-state index in [9.17, 15) is 9.59 Å². The standard InChI is InChI=1S/C15H26N2O2/c1-4-17-7-5-15(6-8-17)10-13(18)16-14(19)12(15)9-11(2)3/h11-12H,4-10H2,1-3H3,(H,16,18,19). The van der Waals surface area contributed by atoms with E-state index in [1.807, 2.05) is 0 Å². The zero-order chi connectivity index (χ0) is 14.0. The van der Waals surface area contributed by atoms with Gasteiger partial charge in [-0.3, -0.25) is 14.9 Å². The number of piperidine rings is 2. The number of hydrogen-bond donors (Lipinski definition) is 1. The van der Waals surface area contributed by atoms with E-state index in [1.165, 1.54) is 0 Å². The average Bonchev–Trinajstić information content (AvgIpc) is 2.35. The molecular formula is C15H26N2O2. The second-order valence-electron chi connectivity index (χ2n) is 6.57. The summed E-state index contributed by atoms with van der Waals surface area (Å²) in [6.45, 7) is 9.57. The van der Waals surface area contributed by atoms with E-state index in [0.29, 0.717) is 12.3 Å². The summed E-state index contributed by atoms with van der Waals surface area (Å²) >= 11 is 0. The number of likely N-dealkylation sites (tertiary alicyclic amines) is 1. The summed E-state index contributed by atoms with van der Waals surface area (Å²) in [5, 5.41) is 2.54. The van der Waals surface area contributed by atoms with Crippen LogP contribution in [0.2, 0.25) is 0 Å². The molecule has 0 radical (unpaired) electrons. The molecule has 0 aromatic carbocycles. The van der Waals surface area contributed by atoms with Crippen molar-refractivity contribution in [1.82, 2.24) is 10.2 Å². The third-order valence-electron chi connectivity index (χ3n) is 4.84. The van der Waals surface area contributed by atoms with Crippen molar-refractivity contribution in [3.8, 4) is 0 Å². The molecule has 1 atom stereocenters. The first-order chi connectivity index (χ1) is 8.97. The highest BCUT2D eigenvalue weighted by Crippen LogP contribution is 2.46. The first-order valence-electron chi connectivity index (χ1n) is 7.53. The summed E-state index contributed by atoms with van der Waals surface area (Å²) < 4.78 is 0. The van der Waals surface area contributed by atoms with Crippen LogP contribution in [0.15, 0.2) is 0 Å². The lowest BCUT2D eigenvalue weighted by molar-refractivity contribution is -0.147. The fraction of sp³-hybridized carbons (Fsp3) is 0.867. The van der Waals surface area contributed by atoms with Gasteiger partial charge < -0.3 is 4.90 Å². The average molecular weight is 266 g/mol. The number of amides is 2. The molecule has 0 aromatic rings. The Bertz CT molecular complexity index is 357. The number of nitrogens with zero attached hydrogens (tertiary/aromatic N) is 1. The van der Waals surface area contributed by atoms with Crippen LogP contribution < -0.4 is 5.32 Å². The molecule has 2 aliphatic rings. The number of hydrogen-bond acceptors (Lipinski definition) is 3. The van der Waals surface area contributed by atoms with Crippen molar-refractivity contribution >= 4 is 11.8 Å². The third-order valence-corrected chi connectivity index (χ3v) is 4.84. The van der Waals surface area contributed by atoms with Gasteiger partial charge >= 0.3 is 0 Å². The molecule has 4 nitrogen and oxygen atoms in total. The van der Waals surface area contributed by atoms with Crippen LogP contribution in [0.3, 0.4) is 0 Å². The molecule has 108 valence electrons. The minimum Gasteiger partial charge on any atom is -0.304 e. The van der Waals surface area contributed by atoms with Crippen molar-refractivity contribution in [3.63, 3.8) is 0 Å². The van der Waals surface area contributed by atoms with Gasteiger partial charge in [-0.05, 0) is 50.2 Å². The van der Waals surface area contributed by atoms with Crippen molar-refractivity contribution in [1.29, 1.82) is 0 Å². The molecule has 1 N–H and O–H groups in total. The molecule has 2 rings (SSSR count). The van der Waals surface area contributed by atoms with Gasteiger partial charge in [-0.15, -0.1) is 0 Å². The lowest BCUT2D eigenvalue weighted by atomic mass is 9.62. The van der Waals surface area contributed by atoms with E-state index in [2.05, 4.69) is 31.0 Å². The van der Waals surface area contributed by atoms with Crippen molar-refractivity contribution in [3.05, 3.63) is 0 Å². The number of rotatable bonds is 3. The SMILES string of the molecule is CCN1CCC2(CC1)CC(=O)NC(=O)C2CC(C)C. The van der Waals surface area contributed by atoms with Gasteiger partial charge in [0.05, 0.1) is 0 Å². The Morgan fingerprint density at radius 2 is 1.95 bits per heavy atom. The van der Waals surface area contributed by atoms with Crippen LogP contribution in [0.5, 0.6) is 0 Å². The van der Waals surface area contributed by atoms with Gasteiger partial charge in [0.15, 0.2) is 0 Å². The lowest BCUT2D eigenvalue weighted by Crippen LogP contribution is -2.56. The highest BCUT2D eigenvalue weighted by atomic mass is 16.2. The molecule has 2 saturated heterocycles. The second kappa shape index (κ2) is 5.61. The summed E-state index contributed by atoms with van der Waals surface area (Å²) in [7, 11) is 0. The maximum atomic E-state index is 12.2. The molecule has 0 aliphatic carbocycles. The molecule has 1 spiro atoms. The second-order valence-corrected chi connectivity index (χ2v) is 6.57. The summed E-state index contributed by atoms with van der Waals surface area (Å²) in [5.41, 5.74) is -0.0741. The van der Waals surface area contributed by atoms with Crippen LogP contribution >= 0.6 is 0 Å². The Kier molecular flexibility index (Phi) is 4.29. The van der Waals surface area contributed by atoms with Crippen LogP contribution in [-0.4, -0.2) is 36.3 Å². The molecule has 0 bridgehead atoms. The van der Waals surface area contributed by atoms with Crippen molar-refractivity contribution in [2.45, 2.75) is 46.5 Å². The van der Waals surface area contributed by atoms with Gasteiger partial charge in [0.1, 0.15) is 0 Å². The van der Waals surface area contributed by atoms with Gasteiger partial charge in [-0.25, -0.2) is 0 Å². The van der Waals surface area contributed by atoms with Crippen molar-refractivity contribution in [2.24, 2.45) is 17.3 Å². The summed E-state index contributed by atoms with van der Waals surface area (Å²) in [6.07, 6.45) is 3.40. The third kappa shape index (κ3) is 2.99. The summed E-state index contributed by atoms with van der Waals surface area (Å²) in [5.74, 6) is 0.402. The fourth-order valence-corrected chi connectivity index (χ4v) is 3.66. The van der Waals surface area contributed by atoms with Crippen LogP contribution in [0.25, 0.3) is 0 Å². The van der Waals surface area contributed by atoms with Gasteiger partial charge in [0.25, 0.3) is 0 Å². The van der Waals surface area contributed by atoms with Crippen molar-refractivity contribution < 1.29 is 9.59 Å². The van der Waals surface area contributed by atoms with E-state index < -0.39 is 0 Å². The Morgan fingerprint density at radius 1 is 1.32 bits per heavy atom. The first kappa shape index (κ1) is 14.5. The van der Waals surface area contributed by atoms with Gasteiger partial charge in [-0.2, -0.15) is 0 Å². The lowest BCUT2D eigenvalue weighted by Gasteiger charge is -2.48. The zero-order valence-electron chi connectivity index (χ0n) is 12.4. The normalized spacial score (nSPS) is 27.9. The van der Waals surface area contributed by atoms with Crippen LogP contribution in [0.1, 0.15) is 46.5 Å². The molecule has 19 heavy (non-hydrogen) atoms. The van der Waals surface area contributed by atoms with Crippen LogP contribution in [-0.2, 0) is 9.59 Å². The smallest absolute Gasteiger partial charge is 0.230 e. The molecule has 2 heterocycles. The molecule has 0 aromatic heterocycles. The van der Waals surface area contributed by atoms with Gasteiger partial charge in [0, 0.05) is 12.3 Å². The van der Waals surface area contributed by atoms with Crippen LogP contribution in [0, 0.1) is 17.3 Å². The monoisotopic (exact) mass is 266 g/mol. The molecule has 1 unspecified atom stereocenters. The Hall–Kier alpha value is -0.900. The summed E-state index contributed by atoms with van der Waals surface area (Å²) in [4.78, 5) is 26.4. The van der Waals surface area contributed by atoms with E-state index in [1.54, 1.807) is 0 Å². The van der Waals surface area contributed by atoms with Gasteiger partial charge in [-0.1, -0.05) is 20.8 Å². The zero-order valence-corrected chi connectivity index (χ0v) is 12.4. The minimum absolute atomic E-state index is 0.0178. The molecule has 2 fully saturated rings. The van der Waals surface area contributed by atoms with E-state index in [4.69, 9.17) is 0 Å². The van der Waals surface area contributed by atoms with Crippen molar-refractivity contribution in [2.75, 3.05) is 19.6 Å². The Labute approximate surface area is 115 Å². The van der Waals surface area contributed by atoms with Crippen LogP contribution in [0.4, 0.5) is 0 Å². The van der Waals surface area contributed by atoms with E-state index in [0.717, 1.165) is 38.9 Å². The highest BCUT2D eigenvalue weighted by molar-refractivity contribution is 5.99. The largest absolute Gasteiger partial charge is 0.304 e. The molecule has 2 amide bonds. The maximum Gasteiger partial charge on any atom is 0.230 e. The fourth-order valence-electron chi connectivity index (χ4n) is 3.66. The Balaban J connectivity index is 2.17. The molecule has 0 saturated carbocycles. The molecule has 4 heteroatoms. The topological polar surface area (TPSA) is 49.4 Å². The van der Waals surface area contributed by atoms with Gasteiger partial charge in [0.2, 0.25) is 11.8 Å². The first-order valence-corrected chi connectivity index (χ1v) is 7.53. The predicted molar refractivity (Wildman–Crippen MR) is 74.5 cm³/mol. The predicted octanol–water partition coefficient (Wildman–Crippen LogP) is 1.80. The highest BCUT2D eigenvalue weighted by Gasteiger charge is 2.49.